The van der Waals surface area contributed by atoms with Crippen LogP contribution in [0.15, 0.2) is 84.0 Å². The summed E-state index contributed by atoms with van der Waals surface area (Å²) in [6.45, 7) is 14.0. The first kappa shape index (κ1) is 27.3. The van der Waals surface area contributed by atoms with Crippen LogP contribution < -0.4 is 10.4 Å². The largest absolute Gasteiger partial charge is 0.404 e. The third kappa shape index (κ3) is 7.81. The molecule has 0 aliphatic carbocycles. The quantitative estimate of drug-likeness (QED) is 0.277. The van der Waals surface area contributed by atoms with Crippen molar-refractivity contribution in [1.29, 1.82) is 0 Å². The van der Waals surface area contributed by atoms with Crippen LogP contribution in [0.25, 0.3) is 0 Å². The standard InChI is InChI=1S/C30H44O2Si/c1-7-27(31)22-21-25(2)15-14-16-26(3)23-24-32-33(30(4,5)6,28-17-10-8-11-18-28)29-19-12-9-13-20-29/h8-13,15,17-20,23,27,31H,7,14,16,21-22,24H2,1-6H3/t27-/m0/s1. The Labute approximate surface area is 203 Å². The van der Waals surface area contributed by atoms with E-state index >= 15 is 0 Å². The molecule has 1 N–H and O–H groups in total. The zero-order chi connectivity index (χ0) is 24.3. The molecule has 3 heteroatoms. The molecule has 0 aliphatic heterocycles. The first-order chi connectivity index (χ1) is 15.7. The minimum atomic E-state index is -2.47. The van der Waals surface area contributed by atoms with E-state index in [9.17, 15) is 5.11 Å². The van der Waals surface area contributed by atoms with Gasteiger partial charge in [-0.2, -0.15) is 0 Å². The Bertz CT molecular complexity index is 839. The van der Waals surface area contributed by atoms with Gasteiger partial charge in [0.05, 0.1) is 12.7 Å². The number of hydrogen-bond donors (Lipinski definition) is 1. The van der Waals surface area contributed by atoms with Gasteiger partial charge in [0.2, 0.25) is 0 Å². The molecular formula is C30H44O2Si. The lowest BCUT2D eigenvalue weighted by Gasteiger charge is -2.42. The maximum atomic E-state index is 9.76. The van der Waals surface area contributed by atoms with Gasteiger partial charge < -0.3 is 9.53 Å². The molecule has 0 heterocycles. The molecule has 1 atom stereocenters. The Hall–Kier alpha value is -1.94. The number of allylic oxidation sites excluding steroid dienone is 3. The van der Waals surface area contributed by atoms with Crippen LogP contribution in [0, 0.1) is 0 Å². The summed E-state index contributed by atoms with van der Waals surface area (Å²) < 4.78 is 6.96. The van der Waals surface area contributed by atoms with Crippen molar-refractivity contribution < 1.29 is 9.53 Å². The minimum absolute atomic E-state index is 0.000353. The highest BCUT2D eigenvalue weighted by Crippen LogP contribution is 2.36. The zero-order valence-electron chi connectivity index (χ0n) is 21.6. The van der Waals surface area contributed by atoms with Gasteiger partial charge in [0.15, 0.2) is 0 Å². The van der Waals surface area contributed by atoms with Gasteiger partial charge >= 0.3 is 0 Å². The third-order valence-electron chi connectivity index (χ3n) is 6.52. The van der Waals surface area contributed by atoms with Crippen LogP contribution in [0.2, 0.25) is 5.04 Å². The molecule has 2 aromatic rings. The summed E-state index contributed by atoms with van der Waals surface area (Å²) in [5.41, 5.74) is 2.74. The van der Waals surface area contributed by atoms with E-state index in [1.54, 1.807) is 0 Å². The molecule has 2 nitrogen and oxygen atoms in total. The van der Waals surface area contributed by atoms with E-state index in [-0.39, 0.29) is 11.1 Å². The molecule has 0 fully saturated rings. The average molecular weight is 465 g/mol. The fourth-order valence-corrected chi connectivity index (χ4v) is 8.91. The monoisotopic (exact) mass is 464 g/mol. The first-order valence-electron chi connectivity index (χ1n) is 12.4. The van der Waals surface area contributed by atoms with Crippen LogP contribution in [0.3, 0.4) is 0 Å². The zero-order valence-corrected chi connectivity index (χ0v) is 22.6. The number of aliphatic hydroxyl groups excluding tert-OH is 1. The van der Waals surface area contributed by atoms with Gasteiger partial charge in [-0.15, -0.1) is 0 Å². The van der Waals surface area contributed by atoms with E-state index in [1.807, 2.05) is 6.92 Å². The average Bonchev–Trinajstić information content (AvgIpc) is 2.80. The highest BCUT2D eigenvalue weighted by atomic mass is 28.4. The van der Waals surface area contributed by atoms with Gasteiger partial charge in [-0.05, 0) is 61.4 Å². The lowest BCUT2D eigenvalue weighted by molar-refractivity contribution is 0.160. The first-order valence-corrected chi connectivity index (χ1v) is 14.4. The maximum absolute atomic E-state index is 9.76. The van der Waals surface area contributed by atoms with Crippen LogP contribution in [0.4, 0.5) is 0 Å². The van der Waals surface area contributed by atoms with Gasteiger partial charge in [-0.3, -0.25) is 0 Å². The van der Waals surface area contributed by atoms with E-state index in [4.69, 9.17) is 4.43 Å². The van der Waals surface area contributed by atoms with Gasteiger partial charge in [-0.1, -0.05) is 112 Å². The normalized spacial score (nSPS) is 14.4. The van der Waals surface area contributed by atoms with E-state index in [1.165, 1.54) is 21.5 Å². The van der Waals surface area contributed by atoms with Crippen molar-refractivity contribution in [2.45, 2.75) is 84.8 Å². The number of hydrogen-bond acceptors (Lipinski definition) is 2. The second-order valence-electron chi connectivity index (χ2n) is 10.2. The van der Waals surface area contributed by atoms with Crippen LogP contribution in [0.5, 0.6) is 0 Å². The van der Waals surface area contributed by atoms with Gasteiger partial charge in [0.25, 0.3) is 8.32 Å². The molecule has 0 saturated carbocycles. The molecule has 0 spiro atoms. The molecule has 0 aliphatic rings. The SMILES string of the molecule is CC[C@H](O)CCC(C)=CCCC(C)=CCO[Si](c1ccccc1)(c1ccccc1)C(C)(C)C. The molecule has 0 saturated heterocycles. The van der Waals surface area contributed by atoms with Crippen LogP contribution >= 0.6 is 0 Å². The summed E-state index contributed by atoms with van der Waals surface area (Å²) >= 11 is 0. The molecule has 0 bridgehead atoms. The Morgan fingerprint density at radius 1 is 0.879 bits per heavy atom. The molecular weight excluding hydrogens is 420 g/mol. The maximum Gasteiger partial charge on any atom is 0.261 e. The molecule has 180 valence electrons. The Balaban J connectivity index is 2.13. The Kier molecular flexibility index (Phi) is 10.8. The molecule has 0 unspecified atom stereocenters. The molecule has 0 amide bonds. The lowest BCUT2D eigenvalue weighted by atomic mass is 10.0. The van der Waals surface area contributed by atoms with Crippen molar-refractivity contribution in [1.82, 2.24) is 0 Å². The van der Waals surface area contributed by atoms with E-state index in [0.29, 0.717) is 6.61 Å². The predicted octanol–water partition coefficient (Wildman–Crippen LogP) is 6.79. The fraction of sp³-hybridized carbons (Fsp3) is 0.467. The van der Waals surface area contributed by atoms with E-state index in [2.05, 4.69) is 107 Å². The van der Waals surface area contributed by atoms with Crippen molar-refractivity contribution in [3.05, 3.63) is 84.0 Å². The summed E-state index contributed by atoms with van der Waals surface area (Å²) in [4.78, 5) is 0. The smallest absolute Gasteiger partial charge is 0.261 e. The lowest BCUT2D eigenvalue weighted by Crippen LogP contribution is -2.66. The van der Waals surface area contributed by atoms with Gasteiger partial charge in [0.1, 0.15) is 0 Å². The molecule has 33 heavy (non-hydrogen) atoms. The Morgan fingerprint density at radius 3 is 1.88 bits per heavy atom. The van der Waals surface area contributed by atoms with Gasteiger partial charge in [0, 0.05) is 0 Å². The summed E-state index contributed by atoms with van der Waals surface area (Å²) in [6, 6.07) is 21.6. The number of benzene rings is 2. The number of aliphatic hydroxyl groups is 1. The van der Waals surface area contributed by atoms with Crippen molar-refractivity contribution in [3.63, 3.8) is 0 Å². The second kappa shape index (κ2) is 13.1. The van der Waals surface area contributed by atoms with Crippen molar-refractivity contribution >= 4 is 18.7 Å². The third-order valence-corrected chi connectivity index (χ3v) is 11.5. The van der Waals surface area contributed by atoms with Crippen molar-refractivity contribution in [2.24, 2.45) is 0 Å². The van der Waals surface area contributed by atoms with E-state index in [0.717, 1.165) is 32.1 Å². The summed E-state index contributed by atoms with van der Waals surface area (Å²) in [5.74, 6) is 0. The van der Waals surface area contributed by atoms with Crippen molar-refractivity contribution in [3.8, 4) is 0 Å². The fourth-order valence-electron chi connectivity index (χ4n) is 4.42. The summed E-state index contributed by atoms with van der Waals surface area (Å²) in [6.07, 6.45) is 9.17. The van der Waals surface area contributed by atoms with Crippen molar-refractivity contribution in [2.75, 3.05) is 6.61 Å². The topological polar surface area (TPSA) is 29.5 Å². The highest BCUT2D eigenvalue weighted by Gasteiger charge is 2.49. The van der Waals surface area contributed by atoms with Crippen LogP contribution in [-0.2, 0) is 4.43 Å². The highest BCUT2D eigenvalue weighted by molar-refractivity contribution is 6.99. The molecule has 0 aromatic heterocycles. The minimum Gasteiger partial charge on any atom is -0.404 e. The second-order valence-corrected chi connectivity index (χ2v) is 14.5. The van der Waals surface area contributed by atoms with Crippen LogP contribution in [-0.4, -0.2) is 26.1 Å². The van der Waals surface area contributed by atoms with E-state index < -0.39 is 8.32 Å². The molecule has 2 aromatic carbocycles. The summed E-state index contributed by atoms with van der Waals surface area (Å²) in [7, 11) is -2.47. The molecule has 2 rings (SSSR count). The number of rotatable bonds is 12. The van der Waals surface area contributed by atoms with Gasteiger partial charge in [-0.25, -0.2) is 0 Å². The Morgan fingerprint density at radius 2 is 1.39 bits per heavy atom. The van der Waals surface area contributed by atoms with Crippen LogP contribution in [0.1, 0.15) is 73.6 Å². The predicted molar refractivity (Wildman–Crippen MR) is 146 cm³/mol. The molecule has 0 radical (unpaired) electrons. The summed E-state index contributed by atoms with van der Waals surface area (Å²) in [5, 5.41) is 12.4.